The Bertz CT molecular complexity index is 585. The number of aliphatic hydroxyl groups is 1. The van der Waals surface area contributed by atoms with Gasteiger partial charge in [-0.2, -0.15) is 0 Å². The van der Waals surface area contributed by atoms with Crippen LogP contribution in [0, 0.1) is 0 Å². The molecule has 1 aliphatic heterocycles. The lowest BCUT2D eigenvalue weighted by atomic mass is 10.2. The third-order valence-corrected chi connectivity index (χ3v) is 3.79. The van der Waals surface area contributed by atoms with E-state index in [4.69, 9.17) is 9.47 Å². The minimum Gasteiger partial charge on any atom is -0.445 e. The van der Waals surface area contributed by atoms with Gasteiger partial charge in [-0.1, -0.05) is 30.3 Å². The van der Waals surface area contributed by atoms with E-state index in [0.717, 1.165) is 5.56 Å². The average Bonchev–Trinajstić information content (AvgIpc) is 2.95. The van der Waals surface area contributed by atoms with Gasteiger partial charge in [0.15, 0.2) is 0 Å². The minimum atomic E-state index is -0.614. The highest BCUT2D eigenvalue weighted by Crippen LogP contribution is 2.21. The summed E-state index contributed by atoms with van der Waals surface area (Å²) in [6, 6.07) is 8.71. The van der Waals surface area contributed by atoms with E-state index >= 15 is 0 Å². The van der Waals surface area contributed by atoms with Crippen LogP contribution < -0.4 is 5.32 Å². The normalized spacial score (nSPS) is 20.2. The zero-order valence-corrected chi connectivity index (χ0v) is 14.9. The van der Waals surface area contributed by atoms with Gasteiger partial charge in [0, 0.05) is 6.54 Å². The van der Waals surface area contributed by atoms with Crippen molar-refractivity contribution in [2.24, 2.45) is 0 Å². The molecule has 1 aliphatic rings. The number of rotatable bonds is 4. The molecule has 7 heteroatoms. The third kappa shape index (κ3) is 5.94. The molecule has 1 aromatic rings. The smallest absolute Gasteiger partial charge is 0.410 e. The third-order valence-electron chi connectivity index (χ3n) is 3.79. The van der Waals surface area contributed by atoms with Gasteiger partial charge in [-0.25, -0.2) is 9.59 Å². The summed E-state index contributed by atoms with van der Waals surface area (Å²) in [6.45, 7) is 5.62. The monoisotopic (exact) mass is 350 g/mol. The van der Waals surface area contributed by atoms with Crippen LogP contribution in [-0.2, 0) is 16.1 Å². The number of nitrogens with zero attached hydrogens (tertiary/aromatic N) is 1. The van der Waals surface area contributed by atoms with E-state index in [-0.39, 0.29) is 31.8 Å². The number of alkyl carbamates (subject to hydrolysis) is 1. The lowest BCUT2D eigenvalue weighted by Crippen LogP contribution is -2.42. The lowest BCUT2D eigenvalue weighted by Gasteiger charge is -2.27. The summed E-state index contributed by atoms with van der Waals surface area (Å²) >= 11 is 0. The van der Waals surface area contributed by atoms with E-state index in [1.54, 1.807) is 20.8 Å². The average molecular weight is 350 g/mol. The fourth-order valence-electron chi connectivity index (χ4n) is 2.67. The maximum atomic E-state index is 12.2. The van der Waals surface area contributed by atoms with Crippen LogP contribution in [0.2, 0.25) is 0 Å². The molecule has 1 aromatic carbocycles. The Morgan fingerprint density at radius 1 is 1.28 bits per heavy atom. The van der Waals surface area contributed by atoms with Crippen LogP contribution in [0.1, 0.15) is 32.8 Å². The number of ether oxygens (including phenoxy) is 2. The molecule has 138 valence electrons. The second kappa shape index (κ2) is 8.20. The molecule has 0 bridgehead atoms. The quantitative estimate of drug-likeness (QED) is 0.870. The molecule has 2 atom stereocenters. The molecule has 0 spiro atoms. The first kappa shape index (κ1) is 19.1. The highest BCUT2D eigenvalue weighted by atomic mass is 16.6. The molecule has 2 rings (SSSR count). The first-order valence-electron chi connectivity index (χ1n) is 8.36. The molecule has 1 fully saturated rings. The summed E-state index contributed by atoms with van der Waals surface area (Å²) < 4.78 is 10.5. The highest BCUT2D eigenvalue weighted by molar-refractivity contribution is 5.70. The Morgan fingerprint density at radius 3 is 2.56 bits per heavy atom. The number of nitrogens with one attached hydrogen (secondary N) is 1. The van der Waals surface area contributed by atoms with Gasteiger partial charge in [0.25, 0.3) is 0 Å². The number of aliphatic hydroxyl groups excluding tert-OH is 1. The zero-order chi connectivity index (χ0) is 18.4. The number of amides is 2. The molecule has 2 N–H and O–H groups in total. The van der Waals surface area contributed by atoms with E-state index < -0.39 is 17.8 Å². The standard InChI is InChI=1S/C18H26N2O5/c1-18(2,3)25-17(23)20-10-14(9-15(20)11-21)19-16(22)24-12-13-7-5-4-6-8-13/h4-8,14-15,21H,9-12H2,1-3H3,(H,19,22)/t14?,15-/m1/s1. The second-order valence-corrected chi connectivity index (χ2v) is 7.11. The summed E-state index contributed by atoms with van der Waals surface area (Å²) in [6.07, 6.45) is -0.582. The predicted molar refractivity (Wildman–Crippen MR) is 92.0 cm³/mol. The van der Waals surface area contributed by atoms with Crippen molar-refractivity contribution in [2.45, 2.75) is 51.5 Å². The predicted octanol–water partition coefficient (Wildman–Crippen LogP) is 2.28. The molecule has 2 amide bonds. The van der Waals surface area contributed by atoms with Crippen LogP contribution >= 0.6 is 0 Å². The van der Waals surface area contributed by atoms with E-state index in [2.05, 4.69) is 5.32 Å². The molecule has 7 nitrogen and oxygen atoms in total. The summed E-state index contributed by atoms with van der Waals surface area (Å²) in [7, 11) is 0. The fourth-order valence-corrected chi connectivity index (χ4v) is 2.67. The number of hydrogen-bond acceptors (Lipinski definition) is 5. The van der Waals surface area contributed by atoms with Crippen molar-refractivity contribution in [1.29, 1.82) is 0 Å². The zero-order valence-electron chi connectivity index (χ0n) is 14.9. The Balaban J connectivity index is 1.84. The maximum Gasteiger partial charge on any atom is 0.410 e. The maximum absolute atomic E-state index is 12.2. The number of carbonyl (C=O) groups excluding carboxylic acids is 2. The first-order valence-corrected chi connectivity index (χ1v) is 8.36. The van der Waals surface area contributed by atoms with Gasteiger partial charge >= 0.3 is 12.2 Å². The largest absolute Gasteiger partial charge is 0.445 e. The molecule has 0 saturated carbocycles. The van der Waals surface area contributed by atoms with Gasteiger partial charge in [0.2, 0.25) is 0 Å². The van der Waals surface area contributed by atoms with Crippen molar-refractivity contribution in [3.05, 3.63) is 35.9 Å². The molecule has 0 radical (unpaired) electrons. The molecule has 1 saturated heterocycles. The summed E-state index contributed by atoms with van der Waals surface area (Å²) in [5, 5.41) is 12.2. The fraction of sp³-hybridized carbons (Fsp3) is 0.556. The lowest BCUT2D eigenvalue weighted by molar-refractivity contribution is 0.0173. The van der Waals surface area contributed by atoms with Crippen LogP contribution in [0.5, 0.6) is 0 Å². The molecule has 1 unspecified atom stereocenters. The molecule has 0 aliphatic carbocycles. The summed E-state index contributed by atoms with van der Waals surface area (Å²) in [5.41, 5.74) is 0.282. The molecule has 1 heterocycles. The van der Waals surface area contributed by atoms with Crippen LogP contribution in [0.4, 0.5) is 9.59 Å². The number of carbonyl (C=O) groups is 2. The van der Waals surface area contributed by atoms with Crippen molar-refractivity contribution in [3.8, 4) is 0 Å². The Kier molecular flexibility index (Phi) is 6.25. The molecular weight excluding hydrogens is 324 g/mol. The summed E-state index contributed by atoms with van der Waals surface area (Å²) in [5.74, 6) is 0. The van der Waals surface area contributed by atoms with Crippen LogP contribution in [-0.4, -0.2) is 53.0 Å². The second-order valence-electron chi connectivity index (χ2n) is 7.11. The van der Waals surface area contributed by atoms with Gasteiger partial charge in [0.1, 0.15) is 12.2 Å². The Morgan fingerprint density at radius 2 is 1.96 bits per heavy atom. The van der Waals surface area contributed by atoms with Crippen LogP contribution in [0.15, 0.2) is 30.3 Å². The molecule has 25 heavy (non-hydrogen) atoms. The van der Waals surface area contributed by atoms with Gasteiger partial charge < -0.3 is 24.8 Å². The topological polar surface area (TPSA) is 88.1 Å². The van der Waals surface area contributed by atoms with Gasteiger partial charge in [0.05, 0.1) is 18.7 Å². The summed E-state index contributed by atoms with van der Waals surface area (Å²) in [4.78, 5) is 25.6. The van der Waals surface area contributed by atoms with Crippen molar-refractivity contribution < 1.29 is 24.2 Å². The number of benzene rings is 1. The SMILES string of the molecule is CC(C)(C)OC(=O)N1CC(NC(=O)OCc2ccccc2)C[C@@H]1CO. The Hall–Kier alpha value is -2.28. The first-order chi connectivity index (χ1) is 11.8. The van der Waals surface area contributed by atoms with E-state index in [1.807, 2.05) is 30.3 Å². The molecular formula is C18H26N2O5. The number of hydrogen-bond donors (Lipinski definition) is 2. The van der Waals surface area contributed by atoms with Crippen molar-refractivity contribution >= 4 is 12.2 Å². The minimum absolute atomic E-state index is 0.179. The van der Waals surface area contributed by atoms with E-state index in [0.29, 0.717) is 6.42 Å². The van der Waals surface area contributed by atoms with E-state index in [9.17, 15) is 14.7 Å². The van der Waals surface area contributed by atoms with Crippen molar-refractivity contribution in [2.75, 3.05) is 13.2 Å². The van der Waals surface area contributed by atoms with Gasteiger partial charge in [-0.15, -0.1) is 0 Å². The number of likely N-dealkylation sites (tertiary alicyclic amines) is 1. The van der Waals surface area contributed by atoms with Gasteiger partial charge in [-0.3, -0.25) is 0 Å². The molecule has 0 aromatic heterocycles. The van der Waals surface area contributed by atoms with Crippen LogP contribution in [0.25, 0.3) is 0 Å². The van der Waals surface area contributed by atoms with Gasteiger partial charge in [-0.05, 0) is 32.8 Å². The Labute approximate surface area is 147 Å². The highest BCUT2D eigenvalue weighted by Gasteiger charge is 2.37. The van der Waals surface area contributed by atoms with Crippen molar-refractivity contribution in [1.82, 2.24) is 10.2 Å². The van der Waals surface area contributed by atoms with Crippen LogP contribution in [0.3, 0.4) is 0 Å². The van der Waals surface area contributed by atoms with Crippen molar-refractivity contribution in [3.63, 3.8) is 0 Å². The van der Waals surface area contributed by atoms with E-state index in [1.165, 1.54) is 4.90 Å².